The van der Waals surface area contributed by atoms with Gasteiger partial charge in [-0.1, -0.05) is 30.3 Å². The number of aromatic hydroxyl groups is 1. The average Bonchev–Trinajstić information content (AvgIpc) is 2.65. The lowest BCUT2D eigenvalue weighted by Gasteiger charge is -2.39. The van der Waals surface area contributed by atoms with E-state index in [1.165, 1.54) is 0 Å². The number of phenolic OH excluding ortho intramolecular Hbond substituents is 1. The quantitative estimate of drug-likeness (QED) is 0.514. The minimum Gasteiger partial charge on any atom is -0.508 e. The molecule has 26 heavy (non-hydrogen) atoms. The van der Waals surface area contributed by atoms with Crippen LogP contribution in [-0.2, 0) is 11.2 Å². The second-order valence-corrected chi connectivity index (χ2v) is 6.27. The number of aliphatic hydroxyl groups excluding tert-OH is 4. The molecule has 0 bridgehead atoms. The van der Waals surface area contributed by atoms with Gasteiger partial charge in [-0.2, -0.15) is 0 Å². The molecule has 0 amide bonds. The lowest BCUT2D eigenvalue weighted by Crippen LogP contribution is -2.60. The fourth-order valence-electron chi connectivity index (χ4n) is 2.89. The molecule has 0 spiro atoms. The maximum absolute atomic E-state index is 10.1. The highest BCUT2D eigenvalue weighted by molar-refractivity contribution is 5.38. The Morgan fingerprint density at radius 3 is 2.27 bits per heavy atom. The zero-order chi connectivity index (χ0) is 18.7. The van der Waals surface area contributed by atoms with Gasteiger partial charge in [-0.15, -0.1) is 0 Å². The van der Waals surface area contributed by atoms with Gasteiger partial charge >= 0.3 is 0 Å². The fourth-order valence-corrected chi connectivity index (χ4v) is 2.89. The maximum Gasteiger partial charge on any atom is 0.229 e. The zero-order valence-corrected chi connectivity index (χ0v) is 14.0. The summed E-state index contributed by atoms with van der Waals surface area (Å²) in [7, 11) is 0. The van der Waals surface area contributed by atoms with Crippen molar-refractivity contribution in [1.29, 1.82) is 0 Å². The molecule has 140 valence electrons. The minimum atomic E-state index is -1.49. The van der Waals surface area contributed by atoms with Crippen molar-refractivity contribution >= 4 is 0 Å². The van der Waals surface area contributed by atoms with Crippen LogP contribution in [0.25, 0.3) is 0 Å². The number of hydrogen-bond donors (Lipinski definition) is 5. The molecule has 0 aromatic heterocycles. The summed E-state index contributed by atoms with van der Waals surface area (Å²) in [5.74, 6) is 0.629. The summed E-state index contributed by atoms with van der Waals surface area (Å²) in [6.07, 6.45) is -6.12. The summed E-state index contributed by atoms with van der Waals surface area (Å²) in [6.45, 7) is -0.514. The van der Waals surface area contributed by atoms with Gasteiger partial charge < -0.3 is 35.0 Å². The average molecular weight is 362 g/mol. The molecule has 1 saturated heterocycles. The first-order valence-electron chi connectivity index (χ1n) is 8.32. The van der Waals surface area contributed by atoms with Crippen LogP contribution >= 0.6 is 0 Å². The van der Waals surface area contributed by atoms with E-state index in [4.69, 9.17) is 9.47 Å². The summed E-state index contributed by atoms with van der Waals surface area (Å²) in [6, 6.07) is 13.9. The third-order valence-electron chi connectivity index (χ3n) is 4.40. The number of phenols is 1. The first kappa shape index (κ1) is 18.6. The van der Waals surface area contributed by atoms with Crippen molar-refractivity contribution in [2.24, 2.45) is 0 Å². The Bertz CT molecular complexity index is 716. The summed E-state index contributed by atoms with van der Waals surface area (Å²) in [5, 5.41) is 48.5. The van der Waals surface area contributed by atoms with Gasteiger partial charge in [-0.05, 0) is 29.3 Å². The van der Waals surface area contributed by atoms with Gasteiger partial charge in [-0.25, -0.2) is 0 Å². The van der Waals surface area contributed by atoms with Gasteiger partial charge in [0.15, 0.2) is 0 Å². The Kier molecular flexibility index (Phi) is 5.75. The van der Waals surface area contributed by atoms with E-state index in [0.717, 1.165) is 11.1 Å². The monoisotopic (exact) mass is 362 g/mol. The minimum absolute atomic E-state index is 0.180. The molecule has 5 atom stereocenters. The molecule has 2 aromatic carbocycles. The van der Waals surface area contributed by atoms with Crippen molar-refractivity contribution in [2.45, 2.75) is 37.1 Å². The van der Waals surface area contributed by atoms with Crippen molar-refractivity contribution in [3.63, 3.8) is 0 Å². The highest BCUT2D eigenvalue weighted by Gasteiger charge is 2.44. The number of benzene rings is 2. The van der Waals surface area contributed by atoms with Crippen molar-refractivity contribution < 1.29 is 35.0 Å². The molecule has 3 rings (SSSR count). The van der Waals surface area contributed by atoms with E-state index in [1.54, 1.807) is 36.4 Å². The van der Waals surface area contributed by atoms with Crippen LogP contribution in [0.2, 0.25) is 0 Å². The molecule has 7 heteroatoms. The first-order valence-corrected chi connectivity index (χ1v) is 8.32. The molecule has 1 aliphatic rings. The molecule has 5 N–H and O–H groups in total. The molecule has 0 saturated carbocycles. The van der Waals surface area contributed by atoms with E-state index in [1.807, 2.05) is 12.1 Å². The van der Waals surface area contributed by atoms with Crippen molar-refractivity contribution in [3.8, 4) is 11.5 Å². The van der Waals surface area contributed by atoms with Crippen LogP contribution in [0, 0.1) is 0 Å². The van der Waals surface area contributed by atoms with Crippen LogP contribution < -0.4 is 4.74 Å². The van der Waals surface area contributed by atoms with Crippen molar-refractivity contribution in [3.05, 3.63) is 59.7 Å². The van der Waals surface area contributed by atoms with E-state index in [0.29, 0.717) is 12.2 Å². The number of rotatable bonds is 5. The van der Waals surface area contributed by atoms with Crippen molar-refractivity contribution in [2.75, 3.05) is 6.61 Å². The Hall–Kier alpha value is -2.16. The molecule has 1 aliphatic heterocycles. The van der Waals surface area contributed by atoms with E-state index in [9.17, 15) is 25.5 Å². The largest absolute Gasteiger partial charge is 0.508 e. The highest BCUT2D eigenvalue weighted by atomic mass is 16.7. The zero-order valence-electron chi connectivity index (χ0n) is 14.0. The standard InChI is InChI=1S/C19H22O7/c20-10-15-16(22)17(23)18(24)19(26-15)25-14-4-2-1-3-12(14)9-11-5-7-13(21)8-6-11/h1-8,15-24H,9-10H2/t15-,16-,17+,18-,19-/m1/s1. The molecule has 0 radical (unpaired) electrons. The highest BCUT2D eigenvalue weighted by Crippen LogP contribution is 2.28. The van der Waals surface area contributed by atoms with E-state index in [2.05, 4.69) is 0 Å². The second-order valence-electron chi connectivity index (χ2n) is 6.27. The molecule has 2 aromatic rings. The van der Waals surface area contributed by atoms with Gasteiger partial charge in [0.1, 0.15) is 35.9 Å². The molecular formula is C19H22O7. The first-order chi connectivity index (χ1) is 12.5. The third-order valence-corrected chi connectivity index (χ3v) is 4.40. The van der Waals surface area contributed by atoms with E-state index < -0.39 is 37.3 Å². The summed E-state index contributed by atoms with van der Waals surface area (Å²) in [4.78, 5) is 0. The van der Waals surface area contributed by atoms with Gasteiger partial charge in [0.2, 0.25) is 6.29 Å². The topological polar surface area (TPSA) is 120 Å². The van der Waals surface area contributed by atoms with Gasteiger partial charge in [0.25, 0.3) is 0 Å². The van der Waals surface area contributed by atoms with Gasteiger partial charge in [-0.3, -0.25) is 0 Å². The van der Waals surface area contributed by atoms with Crippen LogP contribution in [-0.4, -0.2) is 62.8 Å². The number of para-hydroxylation sites is 1. The molecular weight excluding hydrogens is 340 g/mol. The molecule has 1 heterocycles. The second kappa shape index (κ2) is 8.03. The van der Waals surface area contributed by atoms with Crippen LogP contribution in [0.1, 0.15) is 11.1 Å². The summed E-state index contributed by atoms with van der Waals surface area (Å²) >= 11 is 0. The molecule has 7 nitrogen and oxygen atoms in total. The van der Waals surface area contributed by atoms with E-state index >= 15 is 0 Å². The normalized spacial score (nSPS) is 28.7. The maximum atomic E-state index is 10.1. The predicted molar refractivity (Wildman–Crippen MR) is 91.8 cm³/mol. The Balaban J connectivity index is 1.78. The van der Waals surface area contributed by atoms with Crippen LogP contribution in [0.4, 0.5) is 0 Å². The molecule has 1 fully saturated rings. The smallest absolute Gasteiger partial charge is 0.229 e. The summed E-state index contributed by atoms with van der Waals surface area (Å²) < 4.78 is 11.1. The Labute approximate surface area is 150 Å². The lowest BCUT2D eigenvalue weighted by atomic mass is 9.99. The Morgan fingerprint density at radius 2 is 1.58 bits per heavy atom. The predicted octanol–water partition coefficient (Wildman–Crippen LogP) is 0.162. The molecule has 0 aliphatic carbocycles. The van der Waals surface area contributed by atoms with Crippen molar-refractivity contribution in [1.82, 2.24) is 0 Å². The third kappa shape index (κ3) is 3.98. The van der Waals surface area contributed by atoms with Crippen LogP contribution in [0.3, 0.4) is 0 Å². The molecule has 0 unspecified atom stereocenters. The fraction of sp³-hybridized carbons (Fsp3) is 0.368. The number of aliphatic hydroxyl groups is 4. The summed E-state index contributed by atoms with van der Waals surface area (Å²) in [5.41, 5.74) is 1.77. The number of hydrogen-bond acceptors (Lipinski definition) is 7. The van der Waals surface area contributed by atoms with Crippen LogP contribution in [0.15, 0.2) is 48.5 Å². The van der Waals surface area contributed by atoms with Gasteiger partial charge in [0.05, 0.1) is 6.61 Å². The number of ether oxygens (including phenoxy) is 2. The lowest BCUT2D eigenvalue weighted by molar-refractivity contribution is -0.277. The Morgan fingerprint density at radius 1 is 0.885 bits per heavy atom. The van der Waals surface area contributed by atoms with E-state index in [-0.39, 0.29) is 5.75 Å². The van der Waals surface area contributed by atoms with Gasteiger partial charge in [0, 0.05) is 6.42 Å². The SMILES string of the molecule is OC[C@H]1O[C@@H](Oc2ccccc2Cc2ccc(O)cc2)[C@H](O)[C@@H](O)[C@@H]1O. The van der Waals surface area contributed by atoms with Crippen LogP contribution in [0.5, 0.6) is 11.5 Å².